The first-order chi connectivity index (χ1) is 8.63. The van der Waals surface area contributed by atoms with Crippen molar-refractivity contribution in [2.24, 2.45) is 11.7 Å². The summed E-state index contributed by atoms with van der Waals surface area (Å²) in [4.78, 5) is 0. The Morgan fingerprint density at radius 3 is 2.61 bits per heavy atom. The lowest BCUT2D eigenvalue weighted by Crippen LogP contribution is -2.27. The van der Waals surface area contributed by atoms with E-state index in [4.69, 9.17) is 5.73 Å². The lowest BCUT2D eigenvalue weighted by atomic mass is 9.84. The van der Waals surface area contributed by atoms with E-state index < -0.39 is 0 Å². The van der Waals surface area contributed by atoms with Crippen LogP contribution in [-0.4, -0.2) is 6.04 Å². The highest BCUT2D eigenvalue weighted by molar-refractivity contribution is 9.10. The van der Waals surface area contributed by atoms with Crippen LogP contribution in [0.4, 0.5) is 4.39 Å². The number of nitrogens with two attached hydrogens (primary N) is 1. The highest BCUT2D eigenvalue weighted by atomic mass is 79.9. The molecule has 2 rings (SSSR count). The smallest absolute Gasteiger partial charge is 0.124 e. The van der Waals surface area contributed by atoms with Gasteiger partial charge in [-0.3, -0.25) is 0 Å². The van der Waals surface area contributed by atoms with E-state index in [1.54, 1.807) is 6.07 Å². The van der Waals surface area contributed by atoms with E-state index in [-0.39, 0.29) is 11.9 Å². The molecule has 1 aromatic carbocycles. The monoisotopic (exact) mass is 313 g/mol. The van der Waals surface area contributed by atoms with Crippen molar-refractivity contribution in [3.63, 3.8) is 0 Å². The number of rotatable bonds is 4. The van der Waals surface area contributed by atoms with Gasteiger partial charge in [-0.05, 0) is 42.5 Å². The quantitative estimate of drug-likeness (QED) is 0.874. The fourth-order valence-electron chi connectivity index (χ4n) is 2.97. The van der Waals surface area contributed by atoms with Crippen molar-refractivity contribution in [2.75, 3.05) is 0 Å². The third-order valence-corrected chi connectivity index (χ3v) is 4.24. The summed E-state index contributed by atoms with van der Waals surface area (Å²) in [5.74, 6) is 0.593. The highest BCUT2D eigenvalue weighted by Crippen LogP contribution is 2.27. The van der Waals surface area contributed by atoms with Crippen molar-refractivity contribution in [2.45, 2.75) is 51.0 Å². The first kappa shape index (κ1) is 14.0. The zero-order valence-electron chi connectivity index (χ0n) is 10.7. The van der Waals surface area contributed by atoms with Crippen LogP contribution in [0.5, 0.6) is 0 Å². The summed E-state index contributed by atoms with van der Waals surface area (Å²) in [6, 6.07) is 5.19. The lowest BCUT2D eigenvalue weighted by Gasteiger charge is -2.24. The molecule has 1 atom stereocenters. The summed E-state index contributed by atoms with van der Waals surface area (Å²) in [7, 11) is 0. The Morgan fingerprint density at radius 1 is 1.22 bits per heavy atom. The molecule has 0 aliphatic heterocycles. The maximum atomic E-state index is 13.3. The SMILES string of the molecule is NC(Cc1cc(F)cc(Br)c1)CC1CCCCC1. The molecule has 0 saturated heterocycles. The van der Waals surface area contributed by atoms with Crippen LogP contribution >= 0.6 is 15.9 Å². The van der Waals surface area contributed by atoms with E-state index in [2.05, 4.69) is 15.9 Å². The second kappa shape index (κ2) is 6.67. The molecule has 0 radical (unpaired) electrons. The van der Waals surface area contributed by atoms with E-state index in [9.17, 15) is 4.39 Å². The summed E-state index contributed by atoms with van der Waals surface area (Å²) in [5, 5.41) is 0. The Morgan fingerprint density at radius 2 is 1.94 bits per heavy atom. The van der Waals surface area contributed by atoms with Crippen molar-refractivity contribution >= 4 is 15.9 Å². The predicted molar refractivity (Wildman–Crippen MR) is 77.0 cm³/mol. The zero-order chi connectivity index (χ0) is 13.0. The van der Waals surface area contributed by atoms with Crippen LogP contribution in [0.25, 0.3) is 0 Å². The van der Waals surface area contributed by atoms with E-state index in [1.165, 1.54) is 38.2 Å². The molecule has 0 amide bonds. The average molecular weight is 314 g/mol. The Hall–Kier alpha value is -0.410. The van der Waals surface area contributed by atoms with Gasteiger partial charge in [0.05, 0.1) is 0 Å². The molecule has 1 nitrogen and oxygen atoms in total. The molecule has 0 heterocycles. The second-order valence-corrected chi connectivity index (χ2v) is 6.40. The van der Waals surface area contributed by atoms with Crippen LogP contribution in [0.2, 0.25) is 0 Å². The average Bonchev–Trinajstić information content (AvgIpc) is 2.28. The van der Waals surface area contributed by atoms with Gasteiger partial charge >= 0.3 is 0 Å². The Balaban J connectivity index is 1.87. The second-order valence-electron chi connectivity index (χ2n) is 5.48. The number of halogens is 2. The van der Waals surface area contributed by atoms with Crippen LogP contribution in [0.3, 0.4) is 0 Å². The first-order valence-corrected chi connectivity index (χ1v) is 7.63. The number of hydrogen-bond donors (Lipinski definition) is 1. The minimum Gasteiger partial charge on any atom is -0.327 e. The third kappa shape index (κ3) is 4.36. The number of benzene rings is 1. The molecule has 3 heteroatoms. The van der Waals surface area contributed by atoms with Gasteiger partial charge < -0.3 is 5.73 Å². The van der Waals surface area contributed by atoms with Gasteiger partial charge in [0.15, 0.2) is 0 Å². The van der Waals surface area contributed by atoms with Gasteiger partial charge in [-0.2, -0.15) is 0 Å². The molecular formula is C15H21BrFN. The van der Waals surface area contributed by atoms with Crippen molar-refractivity contribution in [1.82, 2.24) is 0 Å². The van der Waals surface area contributed by atoms with Crippen LogP contribution in [-0.2, 0) is 6.42 Å². The van der Waals surface area contributed by atoms with Crippen molar-refractivity contribution in [3.8, 4) is 0 Å². The van der Waals surface area contributed by atoms with Gasteiger partial charge in [0.1, 0.15) is 5.82 Å². The molecule has 0 spiro atoms. The normalized spacial score (nSPS) is 18.8. The maximum Gasteiger partial charge on any atom is 0.124 e. The molecular weight excluding hydrogens is 293 g/mol. The van der Waals surface area contributed by atoms with E-state index in [0.29, 0.717) is 0 Å². The Bertz CT molecular complexity index is 368. The molecule has 0 aromatic heterocycles. The molecule has 1 aliphatic carbocycles. The van der Waals surface area contributed by atoms with Gasteiger partial charge in [-0.25, -0.2) is 4.39 Å². The molecule has 1 aliphatic rings. The van der Waals surface area contributed by atoms with Crippen molar-refractivity contribution in [3.05, 3.63) is 34.1 Å². The minimum absolute atomic E-state index is 0.154. The highest BCUT2D eigenvalue weighted by Gasteiger charge is 2.17. The molecule has 0 bridgehead atoms. The summed E-state index contributed by atoms with van der Waals surface area (Å²) >= 11 is 3.32. The molecule has 1 fully saturated rings. The standard InChI is InChI=1S/C15H21BrFN/c16-13-6-12(7-14(17)10-13)9-15(18)8-11-4-2-1-3-5-11/h6-7,10-11,15H,1-5,8-9,18H2. The minimum atomic E-state index is -0.191. The molecule has 1 unspecified atom stereocenters. The largest absolute Gasteiger partial charge is 0.327 e. The molecule has 18 heavy (non-hydrogen) atoms. The Kier molecular flexibility index (Phi) is 5.19. The van der Waals surface area contributed by atoms with Crippen LogP contribution in [0.15, 0.2) is 22.7 Å². The molecule has 100 valence electrons. The van der Waals surface area contributed by atoms with Gasteiger partial charge in [0.2, 0.25) is 0 Å². The molecule has 2 N–H and O–H groups in total. The topological polar surface area (TPSA) is 26.0 Å². The molecule has 1 aromatic rings. The van der Waals surface area contributed by atoms with Gasteiger partial charge in [0, 0.05) is 10.5 Å². The number of hydrogen-bond acceptors (Lipinski definition) is 1. The summed E-state index contributed by atoms with van der Waals surface area (Å²) < 4.78 is 14.1. The summed E-state index contributed by atoms with van der Waals surface area (Å²) in [5.41, 5.74) is 7.19. The maximum absolute atomic E-state index is 13.3. The lowest BCUT2D eigenvalue weighted by molar-refractivity contribution is 0.316. The van der Waals surface area contributed by atoms with Crippen LogP contribution < -0.4 is 5.73 Å². The van der Waals surface area contributed by atoms with Crippen molar-refractivity contribution < 1.29 is 4.39 Å². The third-order valence-electron chi connectivity index (χ3n) is 3.78. The van der Waals surface area contributed by atoms with Gasteiger partial charge in [0.25, 0.3) is 0 Å². The van der Waals surface area contributed by atoms with E-state index in [0.717, 1.165) is 28.8 Å². The Labute approximate surface area is 117 Å². The summed E-state index contributed by atoms with van der Waals surface area (Å²) in [6.07, 6.45) is 8.57. The van der Waals surface area contributed by atoms with Crippen LogP contribution in [0.1, 0.15) is 44.1 Å². The van der Waals surface area contributed by atoms with Gasteiger partial charge in [-0.1, -0.05) is 48.0 Å². The fourth-order valence-corrected chi connectivity index (χ4v) is 3.48. The predicted octanol–water partition coefficient (Wildman–Crippen LogP) is 4.43. The zero-order valence-corrected chi connectivity index (χ0v) is 12.3. The fraction of sp³-hybridized carbons (Fsp3) is 0.600. The first-order valence-electron chi connectivity index (χ1n) is 6.84. The summed E-state index contributed by atoms with van der Waals surface area (Å²) in [6.45, 7) is 0. The molecule has 1 saturated carbocycles. The van der Waals surface area contributed by atoms with Crippen LogP contribution in [0, 0.1) is 11.7 Å². The van der Waals surface area contributed by atoms with E-state index in [1.807, 2.05) is 6.07 Å². The van der Waals surface area contributed by atoms with Crippen molar-refractivity contribution in [1.29, 1.82) is 0 Å². The van der Waals surface area contributed by atoms with Gasteiger partial charge in [-0.15, -0.1) is 0 Å². The van der Waals surface area contributed by atoms with E-state index >= 15 is 0 Å².